The van der Waals surface area contributed by atoms with Gasteiger partial charge in [0.2, 0.25) is 0 Å². The molecule has 1 amide bonds. The average molecular weight is 216 g/mol. The van der Waals surface area contributed by atoms with Crippen LogP contribution >= 0.6 is 0 Å². The van der Waals surface area contributed by atoms with Crippen molar-refractivity contribution in [1.29, 1.82) is 0 Å². The topological polar surface area (TPSA) is 62.0 Å². The van der Waals surface area contributed by atoms with Gasteiger partial charge in [-0.05, 0) is 13.0 Å². The molecule has 2 aromatic rings. The van der Waals surface area contributed by atoms with Crippen molar-refractivity contribution in [2.24, 2.45) is 0 Å². The first-order valence-corrected chi connectivity index (χ1v) is 4.99. The number of aromatic amines is 1. The molecular formula is C12H12N2O2. The Labute approximate surface area is 92.3 Å². The third kappa shape index (κ3) is 1.48. The molecule has 0 saturated carbocycles. The van der Waals surface area contributed by atoms with Crippen LogP contribution in [-0.2, 0) is 0 Å². The van der Waals surface area contributed by atoms with E-state index in [1.165, 1.54) is 0 Å². The van der Waals surface area contributed by atoms with Gasteiger partial charge >= 0.3 is 0 Å². The lowest BCUT2D eigenvalue weighted by Gasteiger charge is -2.07. The number of pyridine rings is 1. The average Bonchev–Trinajstić information content (AvgIpc) is 2.30. The first kappa shape index (κ1) is 10.4. The van der Waals surface area contributed by atoms with E-state index in [1.54, 1.807) is 20.0 Å². The van der Waals surface area contributed by atoms with Gasteiger partial charge in [-0.15, -0.1) is 0 Å². The Balaban J connectivity index is 2.92. The Morgan fingerprint density at radius 1 is 1.31 bits per heavy atom. The molecule has 0 radical (unpaired) electrons. The predicted octanol–water partition coefficient (Wildman–Crippen LogP) is 1.20. The molecule has 0 unspecified atom stereocenters. The zero-order valence-corrected chi connectivity index (χ0v) is 9.13. The lowest BCUT2D eigenvalue weighted by Crippen LogP contribution is -2.24. The highest BCUT2D eigenvalue weighted by atomic mass is 16.2. The molecule has 1 heterocycles. The van der Waals surface area contributed by atoms with E-state index in [2.05, 4.69) is 10.3 Å². The van der Waals surface area contributed by atoms with Gasteiger partial charge in [0.15, 0.2) is 0 Å². The zero-order chi connectivity index (χ0) is 11.7. The summed E-state index contributed by atoms with van der Waals surface area (Å²) in [5, 5.41) is 3.31. The van der Waals surface area contributed by atoms with Gasteiger partial charge in [0, 0.05) is 23.5 Å². The Morgan fingerprint density at radius 3 is 2.69 bits per heavy atom. The van der Waals surface area contributed by atoms with E-state index >= 15 is 0 Å². The maximum absolute atomic E-state index is 11.7. The Morgan fingerprint density at radius 2 is 2.00 bits per heavy atom. The van der Waals surface area contributed by atoms with Crippen LogP contribution in [0.4, 0.5) is 0 Å². The van der Waals surface area contributed by atoms with Crippen molar-refractivity contribution >= 4 is 16.8 Å². The molecule has 82 valence electrons. The van der Waals surface area contributed by atoms with Crippen LogP contribution in [0.25, 0.3) is 10.9 Å². The number of nitrogens with one attached hydrogen (secondary N) is 2. The van der Waals surface area contributed by atoms with Gasteiger partial charge in [0.1, 0.15) is 0 Å². The van der Waals surface area contributed by atoms with E-state index in [9.17, 15) is 9.59 Å². The molecule has 0 aliphatic carbocycles. The smallest absolute Gasteiger partial charge is 0.252 e. The summed E-state index contributed by atoms with van der Waals surface area (Å²) < 4.78 is 0. The summed E-state index contributed by atoms with van der Waals surface area (Å²) in [4.78, 5) is 26.1. The van der Waals surface area contributed by atoms with E-state index < -0.39 is 0 Å². The zero-order valence-electron chi connectivity index (χ0n) is 9.13. The van der Waals surface area contributed by atoms with Gasteiger partial charge in [-0.25, -0.2) is 0 Å². The Bertz CT molecular complexity index is 614. The van der Waals surface area contributed by atoms with Crippen molar-refractivity contribution in [2.75, 3.05) is 7.05 Å². The minimum atomic E-state index is -0.236. The highest BCUT2D eigenvalue weighted by Crippen LogP contribution is 2.17. The number of carbonyl (C=O) groups is 1. The monoisotopic (exact) mass is 216 g/mol. The number of hydrogen-bond donors (Lipinski definition) is 2. The normalized spacial score (nSPS) is 10.4. The molecular weight excluding hydrogens is 204 g/mol. The van der Waals surface area contributed by atoms with Crippen molar-refractivity contribution in [3.05, 3.63) is 45.7 Å². The fourth-order valence-corrected chi connectivity index (χ4v) is 1.76. The van der Waals surface area contributed by atoms with Crippen molar-refractivity contribution in [1.82, 2.24) is 10.3 Å². The molecule has 0 fully saturated rings. The van der Waals surface area contributed by atoms with Crippen LogP contribution in [0.15, 0.2) is 29.1 Å². The van der Waals surface area contributed by atoms with Gasteiger partial charge in [-0.2, -0.15) is 0 Å². The SMILES string of the molecule is CNC(=O)c1c(C)c(=O)[nH]c2ccccc12. The summed E-state index contributed by atoms with van der Waals surface area (Å²) in [6.45, 7) is 1.65. The lowest BCUT2D eigenvalue weighted by molar-refractivity contribution is 0.0964. The van der Waals surface area contributed by atoms with Crippen LogP contribution in [0.5, 0.6) is 0 Å². The predicted molar refractivity (Wildman–Crippen MR) is 62.7 cm³/mol. The number of benzene rings is 1. The van der Waals surface area contributed by atoms with E-state index in [-0.39, 0.29) is 11.5 Å². The summed E-state index contributed by atoms with van der Waals surface area (Å²) in [5.74, 6) is -0.236. The minimum absolute atomic E-state index is 0.225. The molecule has 0 atom stereocenters. The first-order valence-electron chi connectivity index (χ1n) is 4.99. The molecule has 2 rings (SSSR count). The van der Waals surface area contributed by atoms with Crippen LogP contribution in [0.1, 0.15) is 15.9 Å². The molecule has 1 aromatic carbocycles. The van der Waals surface area contributed by atoms with Gasteiger partial charge in [-0.3, -0.25) is 9.59 Å². The molecule has 0 bridgehead atoms. The fourth-order valence-electron chi connectivity index (χ4n) is 1.76. The highest BCUT2D eigenvalue weighted by Gasteiger charge is 2.14. The number of fused-ring (bicyclic) bond motifs is 1. The van der Waals surface area contributed by atoms with E-state index in [0.29, 0.717) is 16.6 Å². The number of rotatable bonds is 1. The van der Waals surface area contributed by atoms with Crippen molar-refractivity contribution < 1.29 is 4.79 Å². The van der Waals surface area contributed by atoms with Crippen LogP contribution < -0.4 is 10.9 Å². The number of para-hydroxylation sites is 1. The molecule has 4 heteroatoms. The molecule has 16 heavy (non-hydrogen) atoms. The molecule has 4 nitrogen and oxygen atoms in total. The minimum Gasteiger partial charge on any atom is -0.355 e. The summed E-state index contributed by atoms with van der Waals surface area (Å²) in [6, 6.07) is 7.26. The van der Waals surface area contributed by atoms with Gasteiger partial charge in [0.25, 0.3) is 11.5 Å². The molecule has 0 saturated heterocycles. The van der Waals surface area contributed by atoms with Gasteiger partial charge in [-0.1, -0.05) is 18.2 Å². The maximum Gasteiger partial charge on any atom is 0.252 e. The number of amides is 1. The first-order chi connectivity index (χ1) is 7.65. The number of H-pyrrole nitrogens is 1. The second kappa shape index (κ2) is 3.81. The molecule has 2 N–H and O–H groups in total. The van der Waals surface area contributed by atoms with Gasteiger partial charge < -0.3 is 10.3 Å². The van der Waals surface area contributed by atoms with Gasteiger partial charge in [0.05, 0.1) is 5.56 Å². The molecule has 0 spiro atoms. The Kier molecular flexibility index (Phi) is 2.48. The molecule has 0 aliphatic heterocycles. The Hall–Kier alpha value is -2.10. The number of carbonyl (C=O) groups excluding carboxylic acids is 1. The van der Waals surface area contributed by atoms with Crippen LogP contribution in [0.2, 0.25) is 0 Å². The largest absolute Gasteiger partial charge is 0.355 e. The quantitative estimate of drug-likeness (QED) is 0.752. The third-order valence-electron chi connectivity index (χ3n) is 2.61. The molecule has 1 aromatic heterocycles. The number of hydrogen-bond acceptors (Lipinski definition) is 2. The van der Waals surface area contributed by atoms with Crippen molar-refractivity contribution in [3.8, 4) is 0 Å². The molecule has 0 aliphatic rings. The maximum atomic E-state index is 11.7. The van der Waals surface area contributed by atoms with E-state index in [1.807, 2.05) is 18.2 Å². The highest BCUT2D eigenvalue weighted by molar-refractivity contribution is 6.07. The van der Waals surface area contributed by atoms with Crippen molar-refractivity contribution in [2.45, 2.75) is 6.92 Å². The standard InChI is InChI=1S/C12H12N2O2/c1-7-10(12(16)13-2)8-5-3-4-6-9(8)14-11(7)15/h3-6H,1-2H3,(H,13,16)(H,14,15). The summed E-state index contributed by atoms with van der Waals surface area (Å²) in [7, 11) is 1.55. The fraction of sp³-hybridized carbons (Fsp3) is 0.167. The summed E-state index contributed by atoms with van der Waals surface area (Å²) in [6.07, 6.45) is 0. The van der Waals surface area contributed by atoms with E-state index in [0.717, 1.165) is 5.39 Å². The summed E-state index contributed by atoms with van der Waals surface area (Å²) in [5.41, 5.74) is 1.34. The van der Waals surface area contributed by atoms with Crippen LogP contribution in [-0.4, -0.2) is 17.9 Å². The lowest BCUT2D eigenvalue weighted by atomic mass is 10.0. The summed E-state index contributed by atoms with van der Waals surface area (Å²) >= 11 is 0. The second-order valence-corrected chi connectivity index (χ2v) is 3.58. The van der Waals surface area contributed by atoms with E-state index in [4.69, 9.17) is 0 Å². The third-order valence-corrected chi connectivity index (χ3v) is 2.61. The second-order valence-electron chi connectivity index (χ2n) is 3.58. The van der Waals surface area contributed by atoms with Crippen molar-refractivity contribution in [3.63, 3.8) is 0 Å². The number of aromatic nitrogens is 1. The van der Waals surface area contributed by atoms with Crippen LogP contribution in [0, 0.1) is 6.92 Å². The van der Waals surface area contributed by atoms with Crippen LogP contribution in [0.3, 0.4) is 0 Å².